The monoisotopic (exact) mass is 263 g/mol. The van der Waals surface area contributed by atoms with Crippen LogP contribution in [-0.4, -0.2) is 4.57 Å². The zero-order valence-corrected chi connectivity index (χ0v) is 9.27. The smallest absolute Gasteiger partial charge is 0.269 e. The first-order chi connectivity index (χ1) is 7.50. The Bertz CT molecular complexity index is 610. The van der Waals surface area contributed by atoms with Gasteiger partial charge in [0, 0.05) is 11.6 Å². The first-order valence-corrected chi connectivity index (χ1v) is 5.04. The van der Waals surface area contributed by atoms with Crippen molar-refractivity contribution in [1.82, 2.24) is 4.57 Å². The molecule has 0 atom stereocenters. The lowest BCUT2D eigenvalue weighted by Crippen LogP contribution is -2.19. The van der Waals surface area contributed by atoms with Gasteiger partial charge in [-0.05, 0) is 23.6 Å². The highest BCUT2D eigenvalue weighted by Crippen LogP contribution is 2.26. The molecule has 1 aromatic carbocycles. The van der Waals surface area contributed by atoms with Crippen LogP contribution in [0.1, 0.15) is 6.55 Å². The number of aromatic nitrogens is 1. The quantitative estimate of drug-likeness (QED) is 0.769. The number of halogens is 4. The van der Waals surface area contributed by atoms with E-state index in [9.17, 15) is 13.6 Å². The van der Waals surface area contributed by atoms with E-state index >= 15 is 0 Å². The van der Waals surface area contributed by atoms with Gasteiger partial charge in [0.25, 0.3) is 5.56 Å². The Kier molecular flexibility index (Phi) is 2.86. The number of rotatable bonds is 1. The van der Waals surface area contributed by atoms with E-state index in [0.29, 0.717) is 9.95 Å². The van der Waals surface area contributed by atoms with Gasteiger partial charge < -0.3 is 0 Å². The topological polar surface area (TPSA) is 22.0 Å². The van der Waals surface area contributed by atoms with Crippen LogP contribution in [0.3, 0.4) is 0 Å². The maximum Gasteiger partial charge on any atom is 0.321 e. The lowest BCUT2D eigenvalue weighted by Gasteiger charge is -2.06. The minimum Gasteiger partial charge on any atom is -0.269 e. The zero-order valence-electron chi connectivity index (χ0n) is 7.75. The Morgan fingerprint density at radius 2 is 1.81 bits per heavy atom. The van der Waals surface area contributed by atoms with Crippen LogP contribution in [-0.2, 0) is 0 Å². The third kappa shape index (κ3) is 1.79. The summed E-state index contributed by atoms with van der Waals surface area (Å²) in [5, 5.41) is 1.05. The maximum atomic E-state index is 12.4. The number of benzene rings is 1. The van der Waals surface area contributed by atoms with Crippen molar-refractivity contribution in [3.63, 3.8) is 0 Å². The van der Waals surface area contributed by atoms with Crippen LogP contribution >= 0.6 is 23.2 Å². The zero-order chi connectivity index (χ0) is 11.9. The molecular weight excluding hydrogens is 259 g/mol. The second-order valence-corrected chi connectivity index (χ2v) is 3.97. The van der Waals surface area contributed by atoms with E-state index in [0.717, 1.165) is 6.20 Å². The predicted octanol–water partition coefficient (Wildman–Crippen LogP) is 3.70. The highest BCUT2D eigenvalue weighted by atomic mass is 35.5. The third-order valence-electron chi connectivity index (χ3n) is 2.18. The molecule has 0 saturated carbocycles. The Morgan fingerprint density at radius 1 is 1.19 bits per heavy atom. The first kappa shape index (κ1) is 11.4. The lowest BCUT2D eigenvalue weighted by molar-refractivity contribution is 0.0669. The molecule has 2 rings (SSSR count). The fourth-order valence-electron chi connectivity index (χ4n) is 1.41. The summed E-state index contributed by atoms with van der Waals surface area (Å²) in [6.45, 7) is -2.87. The minimum absolute atomic E-state index is 0.122. The van der Waals surface area contributed by atoms with E-state index in [1.54, 1.807) is 0 Å². The van der Waals surface area contributed by atoms with Crippen LogP contribution in [0, 0.1) is 0 Å². The van der Waals surface area contributed by atoms with Crippen molar-refractivity contribution in [3.05, 3.63) is 44.8 Å². The number of pyridine rings is 1. The van der Waals surface area contributed by atoms with Gasteiger partial charge in [-0.2, -0.15) is 8.78 Å². The molecule has 0 aliphatic heterocycles. The number of alkyl halides is 2. The SMILES string of the molecule is O=c1c2cc(Cl)c(Cl)cc2ccn1C(F)F. The van der Waals surface area contributed by atoms with Crippen LogP contribution in [0.15, 0.2) is 29.2 Å². The molecule has 84 valence electrons. The van der Waals surface area contributed by atoms with Gasteiger partial charge in [-0.15, -0.1) is 0 Å². The van der Waals surface area contributed by atoms with Crippen molar-refractivity contribution >= 4 is 34.0 Å². The predicted molar refractivity (Wildman–Crippen MR) is 59.5 cm³/mol. The van der Waals surface area contributed by atoms with Crippen LogP contribution in [0.4, 0.5) is 8.78 Å². The van der Waals surface area contributed by atoms with Gasteiger partial charge in [-0.3, -0.25) is 9.36 Å². The number of nitrogens with zero attached hydrogens (tertiary/aromatic N) is 1. The Balaban J connectivity index is 2.85. The lowest BCUT2D eigenvalue weighted by atomic mass is 10.2. The molecule has 0 saturated heterocycles. The van der Waals surface area contributed by atoms with Gasteiger partial charge in [0.15, 0.2) is 0 Å². The van der Waals surface area contributed by atoms with Crippen LogP contribution in [0.2, 0.25) is 10.0 Å². The third-order valence-corrected chi connectivity index (χ3v) is 2.90. The van der Waals surface area contributed by atoms with E-state index in [4.69, 9.17) is 23.2 Å². The molecule has 0 amide bonds. The standard InChI is InChI=1S/C10H5Cl2F2NO/c11-7-3-5-1-2-15(10(13)14)9(16)6(5)4-8(7)12/h1-4,10H. The van der Waals surface area contributed by atoms with Crippen molar-refractivity contribution in [1.29, 1.82) is 0 Å². The maximum absolute atomic E-state index is 12.4. The summed E-state index contributed by atoms with van der Waals surface area (Å²) < 4.78 is 25.2. The van der Waals surface area contributed by atoms with E-state index in [2.05, 4.69) is 0 Å². The van der Waals surface area contributed by atoms with Crippen molar-refractivity contribution in [2.45, 2.75) is 6.55 Å². The second kappa shape index (κ2) is 4.03. The highest BCUT2D eigenvalue weighted by Gasteiger charge is 2.11. The fourth-order valence-corrected chi connectivity index (χ4v) is 1.74. The largest absolute Gasteiger partial charge is 0.321 e. The number of hydrogen-bond acceptors (Lipinski definition) is 1. The van der Waals surface area contributed by atoms with Crippen LogP contribution in [0.5, 0.6) is 0 Å². The summed E-state index contributed by atoms with van der Waals surface area (Å²) in [7, 11) is 0. The molecule has 1 aromatic heterocycles. The summed E-state index contributed by atoms with van der Waals surface area (Å²) in [6, 6.07) is 4.15. The Labute approximate surface area is 99.0 Å². The average molecular weight is 264 g/mol. The van der Waals surface area contributed by atoms with Gasteiger partial charge >= 0.3 is 6.55 Å². The molecule has 0 fully saturated rings. The van der Waals surface area contributed by atoms with Crippen molar-refractivity contribution in [3.8, 4) is 0 Å². The van der Waals surface area contributed by atoms with Crippen LogP contribution < -0.4 is 5.56 Å². The number of fused-ring (bicyclic) bond motifs is 1. The summed E-state index contributed by atoms with van der Waals surface area (Å²) in [6.07, 6.45) is 1.03. The summed E-state index contributed by atoms with van der Waals surface area (Å²) in [5.74, 6) is 0. The molecule has 16 heavy (non-hydrogen) atoms. The molecular formula is C10H5Cl2F2NO. The van der Waals surface area contributed by atoms with Gasteiger partial charge in [0.1, 0.15) is 0 Å². The molecule has 0 spiro atoms. The van der Waals surface area contributed by atoms with Gasteiger partial charge in [0.05, 0.1) is 10.0 Å². The van der Waals surface area contributed by atoms with Crippen LogP contribution in [0.25, 0.3) is 10.8 Å². The Hall–Kier alpha value is -1.13. The minimum atomic E-state index is -2.87. The van der Waals surface area contributed by atoms with Gasteiger partial charge in [0.2, 0.25) is 0 Å². The summed E-state index contributed by atoms with van der Waals surface area (Å²) >= 11 is 11.5. The summed E-state index contributed by atoms with van der Waals surface area (Å²) in [5.41, 5.74) is -0.786. The Morgan fingerprint density at radius 3 is 2.44 bits per heavy atom. The molecule has 0 N–H and O–H groups in total. The van der Waals surface area contributed by atoms with Crippen molar-refractivity contribution in [2.24, 2.45) is 0 Å². The molecule has 6 heteroatoms. The van der Waals surface area contributed by atoms with Crippen molar-refractivity contribution in [2.75, 3.05) is 0 Å². The van der Waals surface area contributed by atoms with E-state index in [1.165, 1.54) is 18.2 Å². The number of hydrogen-bond donors (Lipinski definition) is 0. The van der Waals surface area contributed by atoms with Crippen molar-refractivity contribution < 1.29 is 8.78 Å². The van der Waals surface area contributed by atoms with Gasteiger partial charge in [-0.1, -0.05) is 23.2 Å². The van der Waals surface area contributed by atoms with Gasteiger partial charge in [-0.25, -0.2) is 0 Å². The fraction of sp³-hybridized carbons (Fsp3) is 0.100. The molecule has 0 radical (unpaired) electrons. The molecule has 0 bridgehead atoms. The molecule has 2 aromatic rings. The average Bonchev–Trinajstić information content (AvgIpc) is 2.21. The second-order valence-electron chi connectivity index (χ2n) is 3.16. The normalized spacial score (nSPS) is 11.3. The molecule has 0 unspecified atom stereocenters. The molecule has 2 nitrogen and oxygen atoms in total. The summed E-state index contributed by atoms with van der Waals surface area (Å²) in [4.78, 5) is 11.6. The first-order valence-electron chi connectivity index (χ1n) is 4.29. The highest BCUT2D eigenvalue weighted by molar-refractivity contribution is 6.42. The molecule has 1 heterocycles. The van der Waals surface area contributed by atoms with E-state index in [1.807, 2.05) is 0 Å². The molecule has 0 aliphatic rings. The van der Waals surface area contributed by atoms with E-state index < -0.39 is 12.1 Å². The van der Waals surface area contributed by atoms with E-state index in [-0.39, 0.29) is 15.4 Å². The molecule has 0 aliphatic carbocycles.